The van der Waals surface area contributed by atoms with E-state index in [9.17, 15) is 5.21 Å². The second-order valence-corrected chi connectivity index (χ2v) is 6.95. The summed E-state index contributed by atoms with van der Waals surface area (Å²) in [4.78, 5) is 2.02. The van der Waals surface area contributed by atoms with Gasteiger partial charge in [0.1, 0.15) is 11.7 Å². The lowest BCUT2D eigenvalue weighted by Gasteiger charge is -2.39. The highest BCUT2D eigenvalue weighted by molar-refractivity contribution is 7.15. The standard InChI is InChI=1S/C12H20ClN5O2S/c1-17-7-10(14-6-9-3-2-4-20-9)18(19,8-17)12-16-15-11(5-13)21-12/h9-10,14H,2-8H2,1H3. The van der Waals surface area contributed by atoms with Crippen LogP contribution in [0.3, 0.4) is 0 Å². The first-order valence-corrected chi connectivity index (χ1v) is 8.48. The van der Waals surface area contributed by atoms with Crippen LogP contribution in [0.1, 0.15) is 17.8 Å². The van der Waals surface area contributed by atoms with Crippen LogP contribution < -0.4 is 9.96 Å². The third kappa shape index (κ3) is 3.21. The molecule has 0 saturated carbocycles. The lowest BCUT2D eigenvalue weighted by atomic mass is 10.2. The Kier molecular flexibility index (Phi) is 4.75. The van der Waals surface area contributed by atoms with Crippen LogP contribution >= 0.6 is 22.9 Å². The second kappa shape index (κ2) is 6.41. The molecule has 21 heavy (non-hydrogen) atoms. The first-order valence-electron chi connectivity index (χ1n) is 7.13. The topological polar surface area (TPSA) is 73.3 Å². The second-order valence-electron chi connectivity index (χ2n) is 5.65. The van der Waals surface area contributed by atoms with Gasteiger partial charge in [-0.3, -0.25) is 14.9 Å². The molecule has 2 aliphatic heterocycles. The molecule has 3 rings (SSSR count). The number of likely N-dealkylation sites (N-methyl/N-ethyl adjacent to an activating group) is 1. The minimum atomic E-state index is -0.502. The molecule has 0 aliphatic carbocycles. The van der Waals surface area contributed by atoms with Gasteiger partial charge in [0.2, 0.25) is 0 Å². The van der Waals surface area contributed by atoms with Crippen molar-refractivity contribution in [3.8, 4) is 0 Å². The molecule has 2 fully saturated rings. The number of nitrogens with one attached hydrogen (secondary N) is 1. The van der Waals surface area contributed by atoms with Crippen LogP contribution in [-0.4, -0.2) is 60.8 Å². The number of nitrogens with zero attached hydrogens (tertiary/aromatic N) is 4. The molecule has 3 unspecified atom stereocenters. The summed E-state index contributed by atoms with van der Waals surface area (Å²) in [6.07, 6.45) is 2.14. The number of rotatable bonds is 5. The summed E-state index contributed by atoms with van der Waals surface area (Å²) in [5.41, 5.74) is 0. The quantitative estimate of drug-likeness (QED) is 0.494. The largest absolute Gasteiger partial charge is 0.623 e. The van der Waals surface area contributed by atoms with Gasteiger partial charge in [-0.25, -0.2) is 0 Å². The smallest absolute Gasteiger partial charge is 0.309 e. The Morgan fingerprint density at radius 3 is 3.10 bits per heavy atom. The molecule has 1 aromatic rings. The average Bonchev–Trinajstić information content (AvgIpc) is 3.16. The third-order valence-corrected chi connectivity index (χ3v) is 5.39. The number of halogens is 1. The summed E-state index contributed by atoms with van der Waals surface area (Å²) in [7, 11) is 1.95. The number of alkyl halides is 1. The fourth-order valence-corrected chi connectivity index (χ4v) is 3.86. The van der Waals surface area contributed by atoms with E-state index < -0.39 is 4.65 Å². The summed E-state index contributed by atoms with van der Waals surface area (Å²) < 4.78 is 5.10. The maximum absolute atomic E-state index is 13.2. The van der Waals surface area contributed by atoms with E-state index in [1.54, 1.807) is 0 Å². The normalized spacial score (nSPS) is 33.9. The Morgan fingerprint density at radius 2 is 2.43 bits per heavy atom. The van der Waals surface area contributed by atoms with E-state index in [0.29, 0.717) is 35.8 Å². The zero-order valence-electron chi connectivity index (χ0n) is 12.0. The molecule has 0 radical (unpaired) electrons. The van der Waals surface area contributed by atoms with Gasteiger partial charge in [0.15, 0.2) is 6.17 Å². The maximum atomic E-state index is 13.2. The number of aromatic nitrogens is 2. The molecule has 2 aliphatic rings. The molecular weight excluding hydrogens is 314 g/mol. The van der Waals surface area contributed by atoms with Gasteiger partial charge < -0.3 is 9.94 Å². The molecule has 1 N–H and O–H groups in total. The molecule has 3 atom stereocenters. The molecule has 0 amide bonds. The summed E-state index contributed by atoms with van der Waals surface area (Å²) in [6, 6.07) is 0. The number of hydrogen-bond acceptors (Lipinski definition) is 7. The molecule has 0 aromatic carbocycles. The molecule has 118 valence electrons. The van der Waals surface area contributed by atoms with Gasteiger partial charge in [0.05, 0.1) is 18.5 Å². The lowest BCUT2D eigenvalue weighted by molar-refractivity contribution is 0.103. The van der Waals surface area contributed by atoms with Crippen molar-refractivity contribution in [2.45, 2.75) is 31.0 Å². The highest BCUT2D eigenvalue weighted by Crippen LogP contribution is 2.32. The third-order valence-electron chi connectivity index (χ3n) is 3.94. The summed E-state index contributed by atoms with van der Waals surface area (Å²) in [5, 5.41) is 25.8. The zero-order chi connectivity index (χ0) is 14.9. The van der Waals surface area contributed by atoms with Crippen molar-refractivity contribution in [1.29, 1.82) is 0 Å². The first kappa shape index (κ1) is 15.5. The lowest BCUT2D eigenvalue weighted by Crippen LogP contribution is -2.57. The van der Waals surface area contributed by atoms with Gasteiger partial charge in [-0.1, -0.05) is 5.10 Å². The minimum absolute atomic E-state index is 0.220. The van der Waals surface area contributed by atoms with Crippen LogP contribution in [0.25, 0.3) is 0 Å². The van der Waals surface area contributed by atoms with E-state index >= 15 is 0 Å². The van der Waals surface area contributed by atoms with Gasteiger partial charge in [0.25, 0.3) is 0 Å². The van der Waals surface area contributed by atoms with Crippen molar-refractivity contribution in [2.75, 3.05) is 33.4 Å². The Hall–Kier alpha value is -0.350. The van der Waals surface area contributed by atoms with Gasteiger partial charge in [-0.15, -0.1) is 16.7 Å². The summed E-state index contributed by atoms with van der Waals surface area (Å²) in [6.45, 7) is 2.60. The van der Waals surface area contributed by atoms with Crippen molar-refractivity contribution < 1.29 is 4.74 Å². The fourth-order valence-electron chi connectivity index (χ4n) is 2.87. The van der Waals surface area contributed by atoms with Crippen molar-refractivity contribution >= 4 is 28.1 Å². The van der Waals surface area contributed by atoms with E-state index in [2.05, 4.69) is 15.5 Å². The van der Waals surface area contributed by atoms with Crippen LogP contribution in [0.2, 0.25) is 0 Å². The van der Waals surface area contributed by atoms with Gasteiger partial charge >= 0.3 is 5.13 Å². The molecule has 2 saturated heterocycles. The summed E-state index contributed by atoms with van der Waals surface area (Å²) >= 11 is 7.06. The van der Waals surface area contributed by atoms with Gasteiger partial charge in [-0.2, -0.15) is 0 Å². The van der Waals surface area contributed by atoms with Gasteiger partial charge in [0, 0.05) is 13.2 Å². The first-order chi connectivity index (χ1) is 10.1. The SMILES string of the molecule is CN1CC(NCC2CCCO2)[N+]([O-])(c2nnc(CCl)s2)C1. The zero-order valence-corrected chi connectivity index (χ0v) is 13.6. The maximum Gasteiger partial charge on any atom is 0.309 e. The van der Waals surface area contributed by atoms with Crippen LogP contribution in [0, 0.1) is 5.21 Å². The Balaban J connectivity index is 1.70. The van der Waals surface area contributed by atoms with Crippen molar-refractivity contribution in [3.63, 3.8) is 0 Å². The highest BCUT2D eigenvalue weighted by atomic mass is 35.5. The number of hydrogen-bond donors (Lipinski definition) is 1. The Bertz CT molecular complexity index is 484. The minimum Gasteiger partial charge on any atom is -0.623 e. The predicted octanol–water partition coefficient (Wildman–Crippen LogP) is 1.08. The molecule has 9 heteroatoms. The fraction of sp³-hybridized carbons (Fsp3) is 0.833. The van der Waals surface area contributed by atoms with Crippen molar-refractivity contribution in [2.24, 2.45) is 0 Å². The van der Waals surface area contributed by atoms with E-state index in [0.717, 1.165) is 19.4 Å². The molecule has 7 nitrogen and oxygen atoms in total. The number of quaternary nitrogens is 1. The molecule has 1 aromatic heterocycles. The number of hydroxylamine groups is 2. The number of ether oxygens (including phenoxy) is 1. The predicted molar refractivity (Wildman–Crippen MR) is 82.9 cm³/mol. The van der Waals surface area contributed by atoms with Crippen LogP contribution in [-0.2, 0) is 10.6 Å². The van der Waals surface area contributed by atoms with Crippen LogP contribution in [0.15, 0.2) is 0 Å². The van der Waals surface area contributed by atoms with Gasteiger partial charge in [-0.05, 0) is 31.2 Å². The summed E-state index contributed by atoms with van der Waals surface area (Å²) in [5.74, 6) is 0.293. The Labute approximate surface area is 133 Å². The molecule has 3 heterocycles. The van der Waals surface area contributed by atoms with Crippen LogP contribution in [0.4, 0.5) is 5.13 Å². The van der Waals surface area contributed by atoms with E-state index in [-0.39, 0.29) is 12.3 Å². The van der Waals surface area contributed by atoms with E-state index in [1.807, 2.05) is 11.9 Å². The monoisotopic (exact) mass is 333 g/mol. The average molecular weight is 334 g/mol. The highest BCUT2D eigenvalue weighted by Gasteiger charge is 2.42. The molecule has 0 spiro atoms. The van der Waals surface area contributed by atoms with Crippen molar-refractivity contribution in [1.82, 2.24) is 25.1 Å². The van der Waals surface area contributed by atoms with E-state index in [4.69, 9.17) is 16.3 Å². The van der Waals surface area contributed by atoms with E-state index in [1.165, 1.54) is 11.3 Å². The molecular formula is C12H20ClN5O2S. The Morgan fingerprint density at radius 1 is 1.57 bits per heavy atom. The van der Waals surface area contributed by atoms with Crippen molar-refractivity contribution in [3.05, 3.63) is 10.2 Å². The molecule has 0 bridgehead atoms. The van der Waals surface area contributed by atoms with Crippen LogP contribution in [0.5, 0.6) is 0 Å².